The Hall–Kier alpha value is -2.29. The number of carbonyl (C=O) groups is 1. The van der Waals surface area contributed by atoms with Gasteiger partial charge < -0.3 is 14.8 Å². The van der Waals surface area contributed by atoms with Crippen molar-refractivity contribution in [3.05, 3.63) is 53.6 Å². The van der Waals surface area contributed by atoms with Crippen LogP contribution < -0.4 is 14.4 Å². The van der Waals surface area contributed by atoms with E-state index in [0.29, 0.717) is 12.4 Å². The maximum Gasteiger partial charge on any atom is 0.264 e. The van der Waals surface area contributed by atoms with Gasteiger partial charge in [0.2, 0.25) is 5.91 Å². The van der Waals surface area contributed by atoms with E-state index < -0.39 is 22.5 Å². The Kier molecular flexibility index (Phi) is 7.46. The second-order valence-electron chi connectivity index (χ2n) is 5.49. The van der Waals surface area contributed by atoms with E-state index in [1.54, 1.807) is 24.3 Å². The van der Waals surface area contributed by atoms with E-state index in [9.17, 15) is 13.2 Å². The van der Waals surface area contributed by atoms with Gasteiger partial charge in [0.1, 0.15) is 12.3 Å². The van der Waals surface area contributed by atoms with Gasteiger partial charge in [0.25, 0.3) is 10.0 Å². The van der Waals surface area contributed by atoms with Gasteiger partial charge >= 0.3 is 0 Å². The number of anilines is 1. The Morgan fingerprint density at radius 3 is 2.44 bits per heavy atom. The van der Waals surface area contributed by atoms with Crippen molar-refractivity contribution >= 4 is 33.2 Å². The molecule has 1 N–H and O–H groups in total. The van der Waals surface area contributed by atoms with Crippen LogP contribution in [0.5, 0.6) is 5.75 Å². The number of nitrogens with one attached hydrogen (secondary N) is 1. The van der Waals surface area contributed by atoms with E-state index in [2.05, 4.69) is 5.32 Å². The smallest absolute Gasteiger partial charge is 0.264 e. The zero-order chi connectivity index (χ0) is 19.9. The number of methoxy groups -OCH3 is 2. The summed E-state index contributed by atoms with van der Waals surface area (Å²) < 4.78 is 37.2. The van der Waals surface area contributed by atoms with Crippen molar-refractivity contribution in [2.24, 2.45) is 0 Å². The third-order valence-electron chi connectivity index (χ3n) is 3.67. The van der Waals surface area contributed by atoms with E-state index in [0.717, 1.165) is 4.31 Å². The first-order valence-electron chi connectivity index (χ1n) is 8.07. The summed E-state index contributed by atoms with van der Waals surface area (Å²) in [5, 5.41) is 2.86. The Morgan fingerprint density at radius 2 is 1.85 bits per heavy atom. The van der Waals surface area contributed by atoms with Crippen LogP contribution in [0.25, 0.3) is 0 Å². The standard InChI is InChI=1S/C18H21ClN2O5S/c1-25-11-10-20-18(22)13-21(14-8-9-17(26-2)16(19)12-14)27(23,24)15-6-4-3-5-7-15/h3-9,12H,10-11,13H2,1-2H3,(H,20,22). The Balaban J connectivity index is 2.39. The molecule has 2 aromatic carbocycles. The molecule has 1 amide bonds. The summed E-state index contributed by atoms with van der Waals surface area (Å²) in [7, 11) is -1.00. The van der Waals surface area contributed by atoms with Crippen LogP contribution in [0, 0.1) is 0 Å². The minimum absolute atomic E-state index is 0.0710. The topological polar surface area (TPSA) is 84.9 Å². The molecule has 27 heavy (non-hydrogen) atoms. The van der Waals surface area contributed by atoms with Crippen LogP contribution in [0.4, 0.5) is 5.69 Å². The maximum absolute atomic E-state index is 13.1. The predicted octanol–water partition coefficient (Wildman–Crippen LogP) is 2.31. The van der Waals surface area contributed by atoms with Crippen molar-refractivity contribution in [2.75, 3.05) is 38.2 Å². The molecule has 0 unspecified atom stereocenters. The van der Waals surface area contributed by atoms with Gasteiger partial charge in [-0.1, -0.05) is 29.8 Å². The summed E-state index contributed by atoms with van der Waals surface area (Å²) in [6.45, 7) is 0.201. The molecule has 0 spiro atoms. The van der Waals surface area contributed by atoms with Crippen LogP contribution in [0.2, 0.25) is 5.02 Å². The maximum atomic E-state index is 13.1. The molecule has 0 atom stereocenters. The molecule has 0 saturated carbocycles. The van der Waals surface area contributed by atoms with Crippen LogP contribution in [-0.4, -0.2) is 48.2 Å². The molecule has 0 fully saturated rings. The fraction of sp³-hybridized carbons (Fsp3) is 0.278. The van der Waals surface area contributed by atoms with E-state index in [4.69, 9.17) is 21.1 Å². The summed E-state index contributed by atoms with van der Waals surface area (Å²) in [6.07, 6.45) is 0. The fourth-order valence-corrected chi connectivity index (χ4v) is 4.01. The zero-order valence-corrected chi connectivity index (χ0v) is 16.6. The minimum Gasteiger partial charge on any atom is -0.495 e. The molecule has 0 heterocycles. The minimum atomic E-state index is -3.97. The number of rotatable bonds is 9. The van der Waals surface area contributed by atoms with Crippen molar-refractivity contribution in [3.63, 3.8) is 0 Å². The van der Waals surface area contributed by atoms with Gasteiger partial charge in [-0.15, -0.1) is 0 Å². The predicted molar refractivity (Wildman–Crippen MR) is 104 cm³/mol. The number of hydrogen-bond donors (Lipinski definition) is 1. The first-order chi connectivity index (χ1) is 12.9. The highest BCUT2D eigenvalue weighted by atomic mass is 35.5. The van der Waals surface area contributed by atoms with Gasteiger partial charge in [0.05, 0.1) is 29.3 Å². The quantitative estimate of drug-likeness (QED) is 0.639. The van der Waals surface area contributed by atoms with Crippen molar-refractivity contribution in [1.82, 2.24) is 5.32 Å². The van der Waals surface area contributed by atoms with Crippen LogP contribution in [0.1, 0.15) is 0 Å². The number of benzene rings is 2. The summed E-state index contributed by atoms with van der Waals surface area (Å²) in [5.41, 5.74) is 0.256. The van der Waals surface area contributed by atoms with Crippen LogP contribution in [0.3, 0.4) is 0 Å². The Bertz CT molecular complexity index is 875. The number of sulfonamides is 1. The zero-order valence-electron chi connectivity index (χ0n) is 15.0. The van der Waals surface area contributed by atoms with Gasteiger partial charge in [0, 0.05) is 13.7 Å². The monoisotopic (exact) mass is 412 g/mol. The first kappa shape index (κ1) is 21.0. The van der Waals surface area contributed by atoms with Gasteiger partial charge in [-0.05, 0) is 30.3 Å². The molecular formula is C18H21ClN2O5S. The second kappa shape index (κ2) is 9.59. The van der Waals surface area contributed by atoms with Gasteiger partial charge in [0.15, 0.2) is 0 Å². The summed E-state index contributed by atoms with van der Waals surface area (Å²) in [6, 6.07) is 12.4. The number of amides is 1. The van der Waals surface area contributed by atoms with Crippen LogP contribution >= 0.6 is 11.6 Å². The number of hydrogen-bond acceptors (Lipinski definition) is 5. The normalized spacial score (nSPS) is 11.1. The van der Waals surface area contributed by atoms with Gasteiger partial charge in [-0.25, -0.2) is 8.42 Å². The second-order valence-corrected chi connectivity index (χ2v) is 7.76. The van der Waals surface area contributed by atoms with Crippen molar-refractivity contribution in [3.8, 4) is 5.75 Å². The number of carbonyl (C=O) groups excluding carboxylic acids is 1. The molecule has 0 aliphatic carbocycles. The average Bonchev–Trinajstić information content (AvgIpc) is 2.67. The molecule has 2 rings (SSSR count). The lowest BCUT2D eigenvalue weighted by Crippen LogP contribution is -2.41. The summed E-state index contributed by atoms with van der Waals surface area (Å²) in [5.74, 6) is -0.0551. The van der Waals surface area contributed by atoms with Crippen LogP contribution in [0.15, 0.2) is 53.4 Å². The van der Waals surface area contributed by atoms with E-state index in [1.165, 1.54) is 38.5 Å². The molecule has 0 aliphatic rings. The Labute approximate surface area is 163 Å². The number of nitrogens with zero attached hydrogens (tertiary/aromatic N) is 1. The highest BCUT2D eigenvalue weighted by Gasteiger charge is 2.27. The molecule has 0 saturated heterocycles. The fourth-order valence-electron chi connectivity index (χ4n) is 2.32. The molecule has 0 aromatic heterocycles. The summed E-state index contributed by atoms with van der Waals surface area (Å²) >= 11 is 6.15. The molecule has 0 radical (unpaired) electrons. The molecular weight excluding hydrogens is 392 g/mol. The third kappa shape index (κ3) is 5.35. The van der Waals surface area contributed by atoms with E-state index in [1.807, 2.05) is 0 Å². The molecule has 0 bridgehead atoms. The average molecular weight is 413 g/mol. The van der Waals surface area contributed by atoms with Crippen molar-refractivity contribution in [2.45, 2.75) is 4.90 Å². The first-order valence-corrected chi connectivity index (χ1v) is 9.89. The molecule has 146 valence electrons. The lowest BCUT2D eigenvalue weighted by Gasteiger charge is -2.24. The molecule has 2 aromatic rings. The van der Waals surface area contributed by atoms with Gasteiger partial charge in [-0.3, -0.25) is 9.10 Å². The highest BCUT2D eigenvalue weighted by Crippen LogP contribution is 2.31. The third-order valence-corrected chi connectivity index (χ3v) is 5.75. The molecule has 7 nitrogen and oxygen atoms in total. The largest absolute Gasteiger partial charge is 0.495 e. The van der Waals surface area contributed by atoms with E-state index >= 15 is 0 Å². The summed E-state index contributed by atoms with van der Waals surface area (Å²) in [4.78, 5) is 12.3. The lowest BCUT2D eigenvalue weighted by molar-refractivity contribution is -0.119. The highest BCUT2D eigenvalue weighted by molar-refractivity contribution is 7.92. The van der Waals surface area contributed by atoms with Crippen LogP contribution in [-0.2, 0) is 19.6 Å². The Morgan fingerprint density at radius 1 is 1.15 bits per heavy atom. The number of halogens is 1. The SMILES string of the molecule is COCCNC(=O)CN(c1ccc(OC)c(Cl)c1)S(=O)(=O)c1ccccc1. The van der Waals surface area contributed by atoms with E-state index in [-0.39, 0.29) is 22.2 Å². The lowest BCUT2D eigenvalue weighted by atomic mass is 10.3. The number of ether oxygens (including phenoxy) is 2. The van der Waals surface area contributed by atoms with Gasteiger partial charge in [-0.2, -0.15) is 0 Å². The molecule has 9 heteroatoms. The van der Waals surface area contributed by atoms with Crippen molar-refractivity contribution < 1.29 is 22.7 Å². The van der Waals surface area contributed by atoms with Crippen molar-refractivity contribution in [1.29, 1.82) is 0 Å². The molecule has 0 aliphatic heterocycles.